The lowest BCUT2D eigenvalue weighted by atomic mass is 10.2. The average Bonchev–Trinajstić information content (AvgIpc) is 2.29. The van der Waals surface area contributed by atoms with Crippen LogP contribution in [0.3, 0.4) is 0 Å². The van der Waals surface area contributed by atoms with Crippen LogP contribution in [0.1, 0.15) is 12.0 Å². The van der Waals surface area contributed by atoms with E-state index in [0.717, 1.165) is 5.56 Å². The topological polar surface area (TPSA) is 55.4 Å². The summed E-state index contributed by atoms with van der Waals surface area (Å²) < 4.78 is 29.1. The van der Waals surface area contributed by atoms with Crippen molar-refractivity contribution in [1.29, 1.82) is 0 Å². The van der Waals surface area contributed by atoms with E-state index in [4.69, 9.17) is 4.74 Å². The van der Waals surface area contributed by atoms with E-state index in [9.17, 15) is 8.42 Å². The number of hydrogen-bond acceptors (Lipinski definition) is 4. The molecule has 0 saturated carbocycles. The normalized spacial score (nSPS) is 11.5. The van der Waals surface area contributed by atoms with Gasteiger partial charge < -0.3 is 10.1 Å². The molecular weight excluding hydrogens is 238 g/mol. The van der Waals surface area contributed by atoms with Crippen LogP contribution in [0.2, 0.25) is 0 Å². The molecule has 0 bridgehead atoms. The highest BCUT2D eigenvalue weighted by atomic mass is 32.2. The van der Waals surface area contributed by atoms with Crippen molar-refractivity contribution in [2.75, 3.05) is 26.5 Å². The molecule has 1 N–H and O–H groups in total. The van der Waals surface area contributed by atoms with Crippen molar-refractivity contribution in [3.63, 3.8) is 0 Å². The van der Waals surface area contributed by atoms with E-state index in [-0.39, 0.29) is 5.75 Å². The lowest BCUT2D eigenvalue weighted by Crippen LogP contribution is -2.14. The molecule has 0 amide bonds. The molecule has 0 saturated heterocycles. The molecule has 0 aliphatic heterocycles. The summed E-state index contributed by atoms with van der Waals surface area (Å²) in [4.78, 5) is 0.368. The molecule has 0 radical (unpaired) electrons. The molecule has 1 aromatic rings. The van der Waals surface area contributed by atoms with Crippen LogP contribution in [0.5, 0.6) is 5.75 Å². The molecule has 1 rings (SSSR count). The quantitative estimate of drug-likeness (QED) is 0.782. The Hall–Kier alpha value is -1.07. The summed E-state index contributed by atoms with van der Waals surface area (Å²) in [6.07, 6.45) is 0.615. The number of benzene rings is 1. The third kappa shape index (κ3) is 3.71. The summed E-state index contributed by atoms with van der Waals surface area (Å²) >= 11 is 0. The van der Waals surface area contributed by atoms with Gasteiger partial charge in [0.2, 0.25) is 0 Å². The van der Waals surface area contributed by atoms with Gasteiger partial charge in [-0.2, -0.15) is 0 Å². The van der Waals surface area contributed by atoms with Crippen LogP contribution in [-0.4, -0.2) is 34.9 Å². The van der Waals surface area contributed by atoms with Crippen molar-refractivity contribution in [1.82, 2.24) is 5.32 Å². The van der Waals surface area contributed by atoms with Gasteiger partial charge in [0.15, 0.2) is 9.84 Å². The zero-order chi connectivity index (χ0) is 12.9. The SMILES string of the molecule is CNCCCS(=O)(=O)c1ccc(OC)c(C)c1. The van der Waals surface area contributed by atoms with Crippen LogP contribution in [-0.2, 0) is 9.84 Å². The first kappa shape index (κ1) is 14.0. The van der Waals surface area contributed by atoms with Crippen LogP contribution in [0, 0.1) is 6.92 Å². The second kappa shape index (κ2) is 6.02. The Morgan fingerprint density at radius 1 is 1.35 bits per heavy atom. The molecule has 0 atom stereocenters. The van der Waals surface area contributed by atoms with E-state index in [0.29, 0.717) is 23.6 Å². The van der Waals surface area contributed by atoms with Crippen molar-refractivity contribution < 1.29 is 13.2 Å². The first-order valence-corrected chi connectivity index (χ1v) is 7.18. The second-order valence-electron chi connectivity index (χ2n) is 3.91. The van der Waals surface area contributed by atoms with E-state index in [1.165, 1.54) is 0 Å². The molecule has 0 unspecified atom stereocenters. The largest absolute Gasteiger partial charge is 0.496 e. The molecule has 0 aliphatic carbocycles. The Morgan fingerprint density at radius 3 is 2.59 bits per heavy atom. The Kier molecular flexibility index (Phi) is 4.96. The highest BCUT2D eigenvalue weighted by molar-refractivity contribution is 7.91. The highest BCUT2D eigenvalue weighted by Gasteiger charge is 2.14. The molecule has 5 heteroatoms. The molecule has 0 spiro atoms. The summed E-state index contributed by atoms with van der Waals surface area (Å²) in [6.45, 7) is 2.54. The third-order valence-corrected chi connectivity index (χ3v) is 4.36. The standard InChI is InChI=1S/C12H19NO3S/c1-10-9-11(5-6-12(10)16-3)17(14,15)8-4-7-13-2/h5-6,9,13H,4,7-8H2,1-3H3. The lowest BCUT2D eigenvalue weighted by Gasteiger charge is -2.08. The van der Waals surface area contributed by atoms with Gasteiger partial charge in [0.25, 0.3) is 0 Å². The first-order valence-electron chi connectivity index (χ1n) is 5.53. The van der Waals surface area contributed by atoms with E-state index in [1.807, 2.05) is 14.0 Å². The fourth-order valence-electron chi connectivity index (χ4n) is 1.60. The maximum absolute atomic E-state index is 12.0. The smallest absolute Gasteiger partial charge is 0.178 e. The van der Waals surface area contributed by atoms with Gasteiger partial charge in [-0.25, -0.2) is 8.42 Å². The zero-order valence-corrected chi connectivity index (χ0v) is 11.3. The van der Waals surface area contributed by atoms with Gasteiger partial charge in [0.1, 0.15) is 5.75 Å². The Bertz CT molecular complexity index is 469. The molecular formula is C12H19NO3S. The Morgan fingerprint density at radius 2 is 2.06 bits per heavy atom. The molecule has 0 aliphatic rings. The van der Waals surface area contributed by atoms with Crippen molar-refractivity contribution in [2.24, 2.45) is 0 Å². The summed E-state index contributed by atoms with van der Waals surface area (Å²) in [7, 11) is 0.207. The summed E-state index contributed by atoms with van der Waals surface area (Å²) in [5.41, 5.74) is 0.835. The molecule has 0 heterocycles. The average molecular weight is 257 g/mol. The molecule has 4 nitrogen and oxygen atoms in total. The Labute approximate surface area is 103 Å². The van der Waals surface area contributed by atoms with Gasteiger partial charge in [-0.1, -0.05) is 0 Å². The number of methoxy groups -OCH3 is 1. The van der Waals surface area contributed by atoms with Crippen LogP contribution < -0.4 is 10.1 Å². The third-order valence-electron chi connectivity index (χ3n) is 2.57. The van der Waals surface area contributed by atoms with Gasteiger partial charge >= 0.3 is 0 Å². The van der Waals surface area contributed by atoms with Gasteiger partial charge in [-0.05, 0) is 50.7 Å². The predicted octanol–water partition coefficient (Wildman–Crippen LogP) is 1.39. The van der Waals surface area contributed by atoms with E-state index in [1.54, 1.807) is 25.3 Å². The van der Waals surface area contributed by atoms with E-state index < -0.39 is 9.84 Å². The maximum Gasteiger partial charge on any atom is 0.178 e. The number of sulfone groups is 1. The van der Waals surface area contributed by atoms with E-state index >= 15 is 0 Å². The molecule has 1 aromatic carbocycles. The van der Waals surface area contributed by atoms with Crippen molar-refractivity contribution in [3.8, 4) is 5.75 Å². The molecule has 0 fully saturated rings. The zero-order valence-electron chi connectivity index (χ0n) is 10.5. The lowest BCUT2D eigenvalue weighted by molar-refractivity contribution is 0.411. The second-order valence-corrected chi connectivity index (χ2v) is 6.02. The monoisotopic (exact) mass is 257 g/mol. The minimum atomic E-state index is -3.18. The number of hydrogen-bond donors (Lipinski definition) is 1. The van der Waals surface area contributed by atoms with Crippen LogP contribution in [0.4, 0.5) is 0 Å². The number of nitrogens with one attached hydrogen (secondary N) is 1. The van der Waals surface area contributed by atoms with Crippen LogP contribution >= 0.6 is 0 Å². The first-order chi connectivity index (χ1) is 8.01. The fourth-order valence-corrected chi connectivity index (χ4v) is 2.99. The number of rotatable bonds is 6. The maximum atomic E-state index is 12.0. The van der Waals surface area contributed by atoms with E-state index in [2.05, 4.69) is 5.32 Å². The summed E-state index contributed by atoms with van der Waals surface area (Å²) in [5.74, 6) is 0.874. The fraction of sp³-hybridized carbons (Fsp3) is 0.500. The van der Waals surface area contributed by atoms with Crippen LogP contribution in [0.25, 0.3) is 0 Å². The van der Waals surface area contributed by atoms with Gasteiger partial charge in [-0.3, -0.25) is 0 Å². The minimum Gasteiger partial charge on any atom is -0.496 e. The molecule has 17 heavy (non-hydrogen) atoms. The molecule has 96 valence electrons. The summed E-state index contributed by atoms with van der Waals surface area (Å²) in [5, 5.41) is 2.94. The summed E-state index contributed by atoms with van der Waals surface area (Å²) in [6, 6.07) is 4.95. The Balaban J connectivity index is 2.88. The number of aryl methyl sites for hydroxylation is 1. The number of ether oxygens (including phenoxy) is 1. The predicted molar refractivity (Wildman–Crippen MR) is 68.3 cm³/mol. The van der Waals surface area contributed by atoms with Gasteiger partial charge in [0.05, 0.1) is 17.8 Å². The van der Waals surface area contributed by atoms with Gasteiger partial charge in [0, 0.05) is 0 Å². The van der Waals surface area contributed by atoms with Crippen molar-refractivity contribution in [2.45, 2.75) is 18.2 Å². The van der Waals surface area contributed by atoms with Crippen LogP contribution in [0.15, 0.2) is 23.1 Å². The van der Waals surface area contributed by atoms with Crippen molar-refractivity contribution >= 4 is 9.84 Å². The van der Waals surface area contributed by atoms with Crippen molar-refractivity contribution in [3.05, 3.63) is 23.8 Å². The highest BCUT2D eigenvalue weighted by Crippen LogP contribution is 2.22. The van der Waals surface area contributed by atoms with Gasteiger partial charge in [-0.15, -0.1) is 0 Å². The molecule has 0 aromatic heterocycles. The minimum absolute atomic E-state index is 0.166.